The van der Waals surface area contributed by atoms with Crippen LogP contribution in [-0.2, 0) is 14.3 Å². The minimum atomic E-state index is -3.06. The molecule has 0 unspecified atom stereocenters. The fraction of sp³-hybridized carbons (Fsp3) is 0.600. The van der Waals surface area contributed by atoms with Crippen molar-refractivity contribution in [2.24, 2.45) is 0 Å². The van der Waals surface area contributed by atoms with Gasteiger partial charge in [0.25, 0.3) is 6.43 Å². The second-order valence-electron chi connectivity index (χ2n) is 2.91. The van der Waals surface area contributed by atoms with E-state index in [1.807, 2.05) is 0 Å². The van der Waals surface area contributed by atoms with E-state index in [9.17, 15) is 18.4 Å². The second-order valence-corrected chi connectivity index (χ2v) is 2.91. The summed E-state index contributed by atoms with van der Waals surface area (Å²) in [5.74, 6) is -2.03. The lowest BCUT2D eigenvalue weighted by atomic mass is 10.4. The molecule has 0 rings (SSSR count). The summed E-state index contributed by atoms with van der Waals surface area (Å²) in [7, 11) is 1.04. The average molecular weight is 251 g/mol. The number of amides is 1. The zero-order valence-corrected chi connectivity index (χ0v) is 9.91. The molecule has 0 saturated carbocycles. The third kappa shape index (κ3) is 5.28. The molecule has 0 aromatic carbocycles. The summed E-state index contributed by atoms with van der Waals surface area (Å²) in [5, 5.41) is 0. The molecule has 7 heteroatoms. The molecule has 17 heavy (non-hydrogen) atoms. The first-order chi connectivity index (χ1) is 7.96. The molecule has 1 amide bonds. The molecule has 0 aliphatic carbocycles. The first-order valence-electron chi connectivity index (χ1n) is 5.00. The van der Waals surface area contributed by atoms with Gasteiger partial charge in [-0.1, -0.05) is 0 Å². The molecular weight excluding hydrogens is 236 g/mol. The minimum Gasteiger partial charge on any atom is -0.466 e. The summed E-state index contributed by atoms with van der Waals surface area (Å²) < 4.78 is 33.5. The van der Waals surface area contributed by atoms with Crippen LogP contribution in [0.4, 0.5) is 13.6 Å². The molecule has 0 N–H and O–H groups in total. The maximum Gasteiger partial charge on any atom is 0.415 e. The normalized spacial score (nSPS) is 11.3. The number of methoxy groups -OCH3 is 1. The number of rotatable bonds is 5. The number of esters is 1. The molecule has 0 aliphatic heterocycles. The van der Waals surface area contributed by atoms with Crippen molar-refractivity contribution in [1.29, 1.82) is 0 Å². The van der Waals surface area contributed by atoms with Crippen LogP contribution in [0.5, 0.6) is 0 Å². The van der Waals surface area contributed by atoms with Crippen molar-refractivity contribution in [3.63, 3.8) is 0 Å². The highest BCUT2D eigenvalue weighted by Gasteiger charge is 2.21. The van der Waals surface area contributed by atoms with E-state index >= 15 is 0 Å². The lowest BCUT2D eigenvalue weighted by molar-refractivity contribution is -0.135. The van der Waals surface area contributed by atoms with Crippen molar-refractivity contribution >= 4 is 12.1 Å². The van der Waals surface area contributed by atoms with Gasteiger partial charge in [0.1, 0.15) is 0 Å². The summed E-state index contributed by atoms with van der Waals surface area (Å²) in [5.41, 5.74) is 0. The van der Waals surface area contributed by atoms with Crippen LogP contribution in [0.1, 0.15) is 13.8 Å². The van der Waals surface area contributed by atoms with Gasteiger partial charge >= 0.3 is 12.1 Å². The van der Waals surface area contributed by atoms with Gasteiger partial charge in [-0.25, -0.2) is 18.4 Å². The smallest absolute Gasteiger partial charge is 0.415 e. The summed E-state index contributed by atoms with van der Waals surface area (Å²) in [6.07, 6.45) is -3.54. The largest absolute Gasteiger partial charge is 0.466 e. The predicted molar refractivity (Wildman–Crippen MR) is 55.5 cm³/mol. The minimum absolute atomic E-state index is 0.323. The Morgan fingerprint density at radius 3 is 2.18 bits per heavy atom. The van der Waals surface area contributed by atoms with Crippen molar-refractivity contribution < 1.29 is 27.8 Å². The third-order valence-corrected chi connectivity index (χ3v) is 1.90. The Hall–Kier alpha value is -1.66. The number of ether oxygens (including phenoxy) is 2. The maximum absolute atomic E-state index is 12.5. The van der Waals surface area contributed by atoms with Crippen LogP contribution in [0.25, 0.3) is 0 Å². The van der Waals surface area contributed by atoms with Crippen molar-refractivity contribution in [3.05, 3.63) is 11.8 Å². The van der Waals surface area contributed by atoms with E-state index in [1.165, 1.54) is 4.90 Å². The van der Waals surface area contributed by atoms with E-state index in [0.29, 0.717) is 19.2 Å². The van der Waals surface area contributed by atoms with E-state index in [4.69, 9.17) is 0 Å². The van der Waals surface area contributed by atoms with Crippen molar-refractivity contribution in [3.8, 4) is 0 Å². The zero-order chi connectivity index (χ0) is 13.4. The number of alkyl halides is 2. The van der Waals surface area contributed by atoms with Crippen LogP contribution in [0, 0.1) is 0 Å². The Labute approximate surface area is 98.0 Å². The van der Waals surface area contributed by atoms with E-state index < -0.39 is 24.2 Å². The van der Waals surface area contributed by atoms with Crippen LogP contribution in [0.2, 0.25) is 0 Å². The molecule has 0 heterocycles. The molecule has 0 aromatic rings. The lowest BCUT2D eigenvalue weighted by Gasteiger charge is -2.18. The fourth-order valence-corrected chi connectivity index (χ4v) is 0.959. The number of hydrogen-bond donors (Lipinski definition) is 0. The van der Waals surface area contributed by atoms with Gasteiger partial charge in [0.05, 0.1) is 13.2 Å². The average Bonchev–Trinajstić information content (AvgIpc) is 2.29. The SMILES string of the molecule is CCN(CC)C(=O)O/C(=C/C(=O)OC)C(F)F. The Morgan fingerprint density at radius 2 is 1.82 bits per heavy atom. The topological polar surface area (TPSA) is 55.8 Å². The molecule has 0 aliphatic rings. The Bertz CT molecular complexity index is 301. The highest BCUT2D eigenvalue weighted by atomic mass is 19.3. The number of carbonyl (C=O) groups is 2. The highest BCUT2D eigenvalue weighted by molar-refractivity contribution is 5.83. The Kier molecular flexibility index (Phi) is 6.85. The molecule has 0 radical (unpaired) electrons. The molecule has 0 spiro atoms. The maximum atomic E-state index is 12.5. The molecule has 0 bridgehead atoms. The van der Waals surface area contributed by atoms with Gasteiger partial charge in [0, 0.05) is 13.1 Å². The van der Waals surface area contributed by atoms with Gasteiger partial charge in [-0.2, -0.15) is 0 Å². The quantitative estimate of drug-likeness (QED) is 0.424. The van der Waals surface area contributed by atoms with Gasteiger partial charge in [-0.15, -0.1) is 0 Å². The Morgan fingerprint density at radius 1 is 1.29 bits per heavy atom. The van der Waals surface area contributed by atoms with Crippen molar-refractivity contribution in [2.75, 3.05) is 20.2 Å². The number of allylic oxidation sites excluding steroid dienone is 1. The number of nitrogens with zero attached hydrogens (tertiary/aromatic N) is 1. The van der Waals surface area contributed by atoms with Gasteiger partial charge < -0.3 is 14.4 Å². The first-order valence-corrected chi connectivity index (χ1v) is 5.00. The molecule has 5 nitrogen and oxygen atoms in total. The third-order valence-electron chi connectivity index (χ3n) is 1.90. The number of halogens is 2. The van der Waals surface area contributed by atoms with Gasteiger partial charge in [0.2, 0.25) is 0 Å². The molecule has 0 fully saturated rings. The van der Waals surface area contributed by atoms with Crippen LogP contribution >= 0.6 is 0 Å². The number of carbonyl (C=O) groups excluding carboxylic acids is 2. The van der Waals surface area contributed by atoms with E-state index in [1.54, 1.807) is 13.8 Å². The second kappa shape index (κ2) is 7.59. The van der Waals surface area contributed by atoms with Gasteiger partial charge in [-0.05, 0) is 13.8 Å². The summed E-state index contributed by atoms with van der Waals surface area (Å²) >= 11 is 0. The predicted octanol–water partition coefficient (Wildman–Crippen LogP) is 1.79. The molecular formula is C10H15F2NO4. The zero-order valence-electron chi connectivity index (χ0n) is 9.91. The van der Waals surface area contributed by atoms with Crippen LogP contribution in [0.15, 0.2) is 11.8 Å². The highest BCUT2D eigenvalue weighted by Crippen LogP contribution is 2.12. The summed E-state index contributed by atoms with van der Waals surface area (Å²) in [6.45, 7) is 4.00. The summed E-state index contributed by atoms with van der Waals surface area (Å²) in [4.78, 5) is 23.3. The molecule has 0 atom stereocenters. The van der Waals surface area contributed by atoms with Crippen LogP contribution in [0.3, 0.4) is 0 Å². The van der Waals surface area contributed by atoms with Gasteiger partial charge in [0.15, 0.2) is 5.76 Å². The monoisotopic (exact) mass is 251 g/mol. The number of hydrogen-bond acceptors (Lipinski definition) is 4. The molecule has 0 saturated heterocycles. The van der Waals surface area contributed by atoms with Crippen LogP contribution in [-0.4, -0.2) is 43.6 Å². The summed E-state index contributed by atoms with van der Waals surface area (Å²) in [6, 6.07) is 0. The van der Waals surface area contributed by atoms with Crippen molar-refractivity contribution in [2.45, 2.75) is 20.3 Å². The molecule has 98 valence electrons. The molecule has 0 aromatic heterocycles. The van der Waals surface area contributed by atoms with Crippen molar-refractivity contribution in [1.82, 2.24) is 4.90 Å². The van der Waals surface area contributed by atoms with E-state index in [2.05, 4.69) is 9.47 Å². The lowest BCUT2D eigenvalue weighted by Crippen LogP contribution is -2.31. The van der Waals surface area contributed by atoms with E-state index in [0.717, 1.165) is 7.11 Å². The standard InChI is InChI=1S/C10H15F2NO4/c1-4-13(5-2)10(15)17-7(9(11)12)6-8(14)16-3/h6,9H,4-5H2,1-3H3/b7-6+. The Balaban J connectivity index is 4.72. The van der Waals surface area contributed by atoms with E-state index in [-0.39, 0.29) is 0 Å². The fourth-order valence-electron chi connectivity index (χ4n) is 0.959. The first kappa shape index (κ1) is 15.3. The van der Waals surface area contributed by atoms with Crippen LogP contribution < -0.4 is 0 Å². The van der Waals surface area contributed by atoms with Gasteiger partial charge in [-0.3, -0.25) is 0 Å².